The fourth-order valence-corrected chi connectivity index (χ4v) is 7.21. The highest BCUT2D eigenvalue weighted by Gasteiger charge is 2.38. The zero-order valence-corrected chi connectivity index (χ0v) is 28.7. The molecule has 0 bridgehead atoms. The molecular weight excluding hydrogens is 632 g/mol. The molecule has 3 fully saturated rings. The summed E-state index contributed by atoms with van der Waals surface area (Å²) in [5, 5.41) is 22.9. The van der Waals surface area contributed by atoms with Crippen LogP contribution in [0.5, 0.6) is 0 Å². The zero-order valence-electron chi connectivity index (χ0n) is 27.9. The van der Waals surface area contributed by atoms with Gasteiger partial charge in [-0.2, -0.15) is 0 Å². The van der Waals surface area contributed by atoms with Gasteiger partial charge in [0.15, 0.2) is 12.2 Å². The molecule has 0 radical (unpaired) electrons. The molecule has 2 saturated carbocycles. The number of benzene rings is 2. The van der Waals surface area contributed by atoms with E-state index in [-0.39, 0.29) is 36.8 Å². The predicted molar refractivity (Wildman–Crippen MR) is 184 cm³/mol. The second-order valence-corrected chi connectivity index (χ2v) is 14.2. The lowest BCUT2D eigenvalue weighted by molar-refractivity contribution is -0.137. The van der Waals surface area contributed by atoms with E-state index in [9.17, 15) is 24.3 Å². The number of carbonyl (C=O) groups excluding carboxylic acids is 4. The van der Waals surface area contributed by atoms with Gasteiger partial charge in [0.2, 0.25) is 5.91 Å². The van der Waals surface area contributed by atoms with Crippen molar-refractivity contribution in [1.82, 2.24) is 21.3 Å². The monoisotopic (exact) mass is 680 g/mol. The third kappa shape index (κ3) is 9.72. The number of alkyl carbamates (subject to hydrolysis) is 1. The van der Waals surface area contributed by atoms with Crippen molar-refractivity contribution in [2.75, 3.05) is 13.1 Å². The van der Waals surface area contributed by atoms with E-state index in [1.54, 1.807) is 0 Å². The molecule has 2 aromatic rings. The van der Waals surface area contributed by atoms with Crippen molar-refractivity contribution >= 4 is 35.4 Å². The first-order valence-corrected chi connectivity index (χ1v) is 17.8. The summed E-state index contributed by atoms with van der Waals surface area (Å²) in [5.74, 6) is -1.60. The summed E-state index contributed by atoms with van der Waals surface area (Å²) in [7, 11) is 0. The van der Waals surface area contributed by atoms with Gasteiger partial charge in [0, 0.05) is 30.1 Å². The molecule has 48 heavy (non-hydrogen) atoms. The predicted octanol–water partition coefficient (Wildman–Crippen LogP) is 5.13. The lowest BCUT2D eigenvalue weighted by Crippen LogP contribution is -2.54. The minimum atomic E-state index is -1.54. The summed E-state index contributed by atoms with van der Waals surface area (Å²) in [6.45, 7) is 4.87. The summed E-state index contributed by atoms with van der Waals surface area (Å²) in [5.41, 5.74) is 4.23. The van der Waals surface area contributed by atoms with Gasteiger partial charge in [-0.25, -0.2) is 4.79 Å². The van der Waals surface area contributed by atoms with Crippen LogP contribution >= 0.6 is 11.6 Å². The molecule has 1 saturated heterocycles. The second kappa shape index (κ2) is 16.7. The van der Waals surface area contributed by atoms with Crippen LogP contribution in [-0.4, -0.2) is 66.3 Å². The fourth-order valence-electron chi connectivity index (χ4n) is 7.02. The van der Waals surface area contributed by atoms with Crippen molar-refractivity contribution < 1.29 is 29.0 Å². The third-order valence-corrected chi connectivity index (χ3v) is 10.2. The van der Waals surface area contributed by atoms with Crippen molar-refractivity contribution in [2.45, 2.75) is 108 Å². The van der Waals surface area contributed by atoms with E-state index < -0.39 is 42.1 Å². The largest absolute Gasteiger partial charge is 0.436 e. The van der Waals surface area contributed by atoms with Crippen LogP contribution in [0.4, 0.5) is 4.79 Å². The Labute approximate surface area is 288 Å². The molecular formula is C37H49ClN4O6. The van der Waals surface area contributed by atoms with Gasteiger partial charge in [-0.15, -0.1) is 0 Å². The zero-order chi connectivity index (χ0) is 34.2. The van der Waals surface area contributed by atoms with Crippen LogP contribution in [-0.2, 0) is 19.1 Å². The smallest absolute Gasteiger partial charge is 0.407 e. The normalized spacial score (nSPS) is 20.6. The van der Waals surface area contributed by atoms with Crippen LogP contribution in [0.2, 0.25) is 5.02 Å². The quantitative estimate of drug-likeness (QED) is 0.187. The molecule has 10 nitrogen and oxygen atoms in total. The number of hydrogen-bond donors (Lipinski definition) is 5. The molecule has 4 amide bonds. The van der Waals surface area contributed by atoms with Crippen LogP contribution in [0.1, 0.15) is 88.2 Å². The molecule has 0 spiro atoms. The average molecular weight is 681 g/mol. The Hall–Kier alpha value is -3.63. The number of halogens is 1. The third-order valence-electron chi connectivity index (χ3n) is 10.0. The average Bonchev–Trinajstić information content (AvgIpc) is 3.80. The Bertz CT molecular complexity index is 1460. The molecule has 3 aliphatic rings. The lowest BCUT2D eigenvalue weighted by atomic mass is 9.85. The van der Waals surface area contributed by atoms with Gasteiger partial charge < -0.3 is 31.1 Å². The van der Waals surface area contributed by atoms with Crippen LogP contribution in [0.15, 0.2) is 42.5 Å². The number of nitrogens with one attached hydrogen (secondary N) is 4. The second-order valence-electron chi connectivity index (χ2n) is 13.8. The number of rotatable bonds is 14. The Kier molecular flexibility index (Phi) is 12.4. The van der Waals surface area contributed by atoms with Crippen molar-refractivity contribution in [1.29, 1.82) is 0 Å². The number of ether oxygens (including phenoxy) is 1. The SMILES string of the molecule is Cc1c(-c2cccc(Cl)c2)cccc1C(C)CNC(=O)O[C@@H](CC1CCCCC1)C(=O)N[C@@H](C[C@@H]1CCNC1=O)[C@H](O)C(=O)NC1CC1. The molecule has 1 heterocycles. The van der Waals surface area contributed by atoms with Crippen molar-refractivity contribution in [2.24, 2.45) is 11.8 Å². The summed E-state index contributed by atoms with van der Waals surface area (Å²) >= 11 is 6.24. The molecule has 1 aliphatic heterocycles. The lowest BCUT2D eigenvalue weighted by Gasteiger charge is -2.29. The Morgan fingerprint density at radius 1 is 1.00 bits per heavy atom. The van der Waals surface area contributed by atoms with Gasteiger partial charge in [0.25, 0.3) is 11.8 Å². The first-order chi connectivity index (χ1) is 23.1. The summed E-state index contributed by atoms with van der Waals surface area (Å²) < 4.78 is 5.81. The maximum absolute atomic E-state index is 13.8. The van der Waals surface area contributed by atoms with Crippen LogP contribution in [0.25, 0.3) is 11.1 Å². The van der Waals surface area contributed by atoms with Crippen molar-refractivity contribution in [3.63, 3.8) is 0 Å². The van der Waals surface area contributed by atoms with Gasteiger partial charge in [-0.3, -0.25) is 14.4 Å². The Morgan fingerprint density at radius 2 is 1.75 bits per heavy atom. The van der Waals surface area contributed by atoms with E-state index in [1.165, 1.54) is 0 Å². The highest BCUT2D eigenvalue weighted by atomic mass is 35.5. The van der Waals surface area contributed by atoms with E-state index >= 15 is 0 Å². The van der Waals surface area contributed by atoms with Crippen molar-refractivity contribution in [3.8, 4) is 11.1 Å². The molecule has 2 aliphatic carbocycles. The summed E-state index contributed by atoms with van der Waals surface area (Å²) in [6, 6.07) is 12.8. The van der Waals surface area contributed by atoms with Gasteiger partial charge >= 0.3 is 6.09 Å². The van der Waals surface area contributed by atoms with Crippen LogP contribution in [0.3, 0.4) is 0 Å². The van der Waals surface area contributed by atoms with E-state index in [4.69, 9.17) is 16.3 Å². The number of aliphatic hydroxyl groups excluding tert-OH is 1. The Balaban J connectivity index is 1.25. The van der Waals surface area contributed by atoms with E-state index in [0.717, 1.165) is 67.2 Å². The van der Waals surface area contributed by atoms with Gasteiger partial charge in [0.1, 0.15) is 0 Å². The maximum Gasteiger partial charge on any atom is 0.407 e. The van der Waals surface area contributed by atoms with Gasteiger partial charge in [-0.05, 0) is 85.3 Å². The first kappa shape index (κ1) is 35.7. The number of aliphatic hydroxyl groups is 1. The van der Waals surface area contributed by atoms with E-state index in [2.05, 4.69) is 28.2 Å². The van der Waals surface area contributed by atoms with E-state index in [0.29, 0.717) is 24.4 Å². The molecule has 5 N–H and O–H groups in total. The van der Waals surface area contributed by atoms with Crippen LogP contribution < -0.4 is 21.3 Å². The standard InChI is InChI=1S/C37H49ClN4O6/c1-22(29-12-7-13-30(23(29)2)25-10-6-11-27(38)19-25)21-40-37(47)48-32(18-24-8-4-3-5-9-24)35(45)42-31(20-26-16-17-39-34(26)44)33(43)36(46)41-28-14-15-28/h6-7,10-13,19,22,24,26,28,31-33,43H,3-5,8-9,14-18,20-21H2,1-2H3,(H,39,44)(H,40,47)(H,41,46)(H,42,45)/t22?,26-,31-,32-,33-/m0/s1. The minimum Gasteiger partial charge on any atom is -0.436 e. The molecule has 11 heteroatoms. The summed E-state index contributed by atoms with van der Waals surface area (Å²) in [6.07, 6.45) is 4.43. The first-order valence-electron chi connectivity index (χ1n) is 17.5. The fraction of sp³-hybridized carbons (Fsp3) is 0.568. The molecule has 1 unspecified atom stereocenters. The highest BCUT2D eigenvalue weighted by molar-refractivity contribution is 6.30. The minimum absolute atomic E-state index is 0.0230. The van der Waals surface area contributed by atoms with Crippen LogP contribution in [0, 0.1) is 18.8 Å². The Morgan fingerprint density at radius 3 is 2.44 bits per heavy atom. The molecule has 5 rings (SSSR count). The van der Waals surface area contributed by atoms with E-state index in [1.807, 2.05) is 49.4 Å². The van der Waals surface area contributed by atoms with Crippen molar-refractivity contribution in [3.05, 3.63) is 58.6 Å². The topological polar surface area (TPSA) is 146 Å². The number of carbonyl (C=O) groups is 4. The molecule has 5 atom stereocenters. The maximum atomic E-state index is 13.8. The van der Waals surface area contributed by atoms with Gasteiger partial charge in [0.05, 0.1) is 6.04 Å². The molecule has 0 aromatic heterocycles. The van der Waals surface area contributed by atoms with Gasteiger partial charge in [-0.1, -0.05) is 81.0 Å². The highest BCUT2D eigenvalue weighted by Crippen LogP contribution is 2.31. The summed E-state index contributed by atoms with van der Waals surface area (Å²) in [4.78, 5) is 52.3. The number of amides is 4. The molecule has 2 aromatic carbocycles. The molecule has 260 valence electrons. The number of hydrogen-bond acceptors (Lipinski definition) is 6.